The van der Waals surface area contributed by atoms with Crippen molar-refractivity contribution >= 4 is 39.1 Å². The fourth-order valence-electron chi connectivity index (χ4n) is 1.76. The molecule has 7 heteroatoms. The number of hydrogen-bond donors (Lipinski definition) is 3. The van der Waals surface area contributed by atoms with Gasteiger partial charge in [0, 0.05) is 16.7 Å². The molecule has 21 heavy (non-hydrogen) atoms. The third kappa shape index (κ3) is 6.14. The molecule has 0 aliphatic rings. The number of nitrogens with one attached hydrogen (secondary N) is 2. The number of halogens is 1. The van der Waals surface area contributed by atoms with Gasteiger partial charge in [0.05, 0.1) is 18.8 Å². The highest BCUT2D eigenvalue weighted by molar-refractivity contribution is 9.10. The maximum Gasteiger partial charge on any atom is 0.238 e. The topological polar surface area (TPSA) is 87.5 Å². The van der Waals surface area contributed by atoms with Gasteiger partial charge in [-0.1, -0.05) is 6.92 Å². The molecule has 4 N–H and O–H groups in total. The smallest absolute Gasteiger partial charge is 0.238 e. The minimum Gasteiger partial charge on any atom is -0.399 e. The van der Waals surface area contributed by atoms with Crippen molar-refractivity contribution in [2.45, 2.75) is 13.8 Å². The molecule has 1 aromatic rings. The third-order valence-electron chi connectivity index (χ3n) is 2.82. The number of amides is 2. The van der Waals surface area contributed by atoms with Crippen molar-refractivity contribution < 1.29 is 9.59 Å². The van der Waals surface area contributed by atoms with Gasteiger partial charge in [-0.2, -0.15) is 0 Å². The van der Waals surface area contributed by atoms with E-state index >= 15 is 0 Å². The van der Waals surface area contributed by atoms with Crippen LogP contribution in [0, 0.1) is 0 Å². The molecule has 0 aliphatic carbocycles. The minimum absolute atomic E-state index is 0.0826. The average Bonchev–Trinajstić information content (AvgIpc) is 2.41. The Balaban J connectivity index is 2.56. The lowest BCUT2D eigenvalue weighted by molar-refractivity contribution is -0.123. The second-order valence-corrected chi connectivity index (χ2v) is 5.40. The van der Waals surface area contributed by atoms with Gasteiger partial charge in [-0.05, 0) is 47.6 Å². The van der Waals surface area contributed by atoms with Crippen LogP contribution in [0.3, 0.4) is 0 Å². The van der Waals surface area contributed by atoms with E-state index in [0.29, 0.717) is 24.5 Å². The van der Waals surface area contributed by atoms with Crippen molar-refractivity contribution in [2.24, 2.45) is 0 Å². The van der Waals surface area contributed by atoms with Gasteiger partial charge in [0.1, 0.15) is 0 Å². The first-order valence-corrected chi connectivity index (χ1v) is 7.59. The number of nitrogens with two attached hydrogens (primary N) is 1. The summed E-state index contributed by atoms with van der Waals surface area (Å²) >= 11 is 3.35. The molecule has 2 amide bonds. The molecule has 0 fully saturated rings. The highest BCUT2D eigenvalue weighted by atomic mass is 79.9. The van der Waals surface area contributed by atoms with E-state index in [1.807, 2.05) is 13.8 Å². The number of benzene rings is 1. The van der Waals surface area contributed by atoms with Crippen molar-refractivity contribution in [3.8, 4) is 0 Å². The molecule has 0 heterocycles. The fraction of sp³-hybridized carbons (Fsp3) is 0.429. The summed E-state index contributed by atoms with van der Waals surface area (Å²) in [5, 5.41) is 5.51. The number of anilines is 2. The summed E-state index contributed by atoms with van der Waals surface area (Å²) in [6.45, 7) is 5.34. The van der Waals surface area contributed by atoms with Gasteiger partial charge in [-0.15, -0.1) is 0 Å². The first-order chi connectivity index (χ1) is 9.96. The monoisotopic (exact) mass is 356 g/mol. The van der Waals surface area contributed by atoms with Crippen LogP contribution in [-0.4, -0.2) is 42.9 Å². The molecule has 0 spiro atoms. The lowest BCUT2D eigenvalue weighted by Crippen LogP contribution is -2.41. The van der Waals surface area contributed by atoms with Gasteiger partial charge in [-0.3, -0.25) is 14.5 Å². The molecule has 0 atom stereocenters. The average molecular weight is 357 g/mol. The number of hydrogen-bond acceptors (Lipinski definition) is 4. The van der Waals surface area contributed by atoms with Crippen LogP contribution in [0.25, 0.3) is 0 Å². The van der Waals surface area contributed by atoms with Crippen LogP contribution in [0.4, 0.5) is 11.4 Å². The van der Waals surface area contributed by atoms with Gasteiger partial charge in [0.25, 0.3) is 0 Å². The molecule has 1 rings (SSSR count). The third-order valence-corrected chi connectivity index (χ3v) is 3.48. The van der Waals surface area contributed by atoms with E-state index in [9.17, 15) is 9.59 Å². The van der Waals surface area contributed by atoms with Gasteiger partial charge in [-0.25, -0.2) is 0 Å². The van der Waals surface area contributed by atoms with Crippen LogP contribution in [0.5, 0.6) is 0 Å². The zero-order valence-corrected chi connectivity index (χ0v) is 13.9. The molecule has 1 aromatic carbocycles. The van der Waals surface area contributed by atoms with E-state index < -0.39 is 0 Å². The van der Waals surface area contributed by atoms with Crippen molar-refractivity contribution in [1.82, 2.24) is 10.2 Å². The summed E-state index contributed by atoms with van der Waals surface area (Å²) in [7, 11) is 0. The highest BCUT2D eigenvalue weighted by Gasteiger charge is 2.13. The SMILES string of the molecule is CCNC(=O)CN(CC)CC(=O)Nc1ccc(N)cc1Br. The Morgan fingerprint density at radius 2 is 1.90 bits per heavy atom. The van der Waals surface area contributed by atoms with Crippen molar-refractivity contribution in [2.75, 3.05) is 37.2 Å². The van der Waals surface area contributed by atoms with Gasteiger partial charge >= 0.3 is 0 Å². The molecule has 6 nitrogen and oxygen atoms in total. The largest absolute Gasteiger partial charge is 0.399 e. The van der Waals surface area contributed by atoms with Crippen LogP contribution in [0.15, 0.2) is 22.7 Å². The van der Waals surface area contributed by atoms with E-state index in [1.54, 1.807) is 23.1 Å². The Morgan fingerprint density at radius 3 is 2.48 bits per heavy atom. The van der Waals surface area contributed by atoms with Crippen LogP contribution < -0.4 is 16.4 Å². The van der Waals surface area contributed by atoms with E-state index in [1.165, 1.54) is 0 Å². The Kier molecular flexibility index (Phi) is 7.18. The molecule has 116 valence electrons. The van der Waals surface area contributed by atoms with Crippen LogP contribution in [0.2, 0.25) is 0 Å². The Labute approximate surface area is 133 Å². The predicted octanol–water partition coefficient (Wildman–Crippen LogP) is 1.43. The normalized spacial score (nSPS) is 10.5. The number of nitrogens with zero attached hydrogens (tertiary/aromatic N) is 1. The first kappa shape index (κ1) is 17.5. The van der Waals surface area contributed by atoms with E-state index in [2.05, 4.69) is 26.6 Å². The van der Waals surface area contributed by atoms with Crippen LogP contribution in [0.1, 0.15) is 13.8 Å². The molecular formula is C14H21BrN4O2. The molecular weight excluding hydrogens is 336 g/mol. The number of rotatable bonds is 7. The molecule has 0 radical (unpaired) electrons. The number of likely N-dealkylation sites (N-methyl/N-ethyl adjacent to an activating group) is 2. The number of carbonyl (C=O) groups excluding carboxylic acids is 2. The molecule has 0 bridgehead atoms. The van der Waals surface area contributed by atoms with E-state index in [0.717, 1.165) is 4.47 Å². The Morgan fingerprint density at radius 1 is 1.24 bits per heavy atom. The van der Waals surface area contributed by atoms with E-state index in [4.69, 9.17) is 5.73 Å². The van der Waals surface area contributed by atoms with Gasteiger partial charge in [0.2, 0.25) is 11.8 Å². The quantitative estimate of drug-likeness (QED) is 0.645. The lowest BCUT2D eigenvalue weighted by Gasteiger charge is -2.19. The summed E-state index contributed by atoms with van der Waals surface area (Å²) in [6.07, 6.45) is 0. The summed E-state index contributed by atoms with van der Waals surface area (Å²) in [5.74, 6) is -0.257. The summed E-state index contributed by atoms with van der Waals surface area (Å²) in [6, 6.07) is 5.17. The van der Waals surface area contributed by atoms with E-state index in [-0.39, 0.29) is 24.9 Å². The molecule has 0 aliphatic heterocycles. The number of carbonyl (C=O) groups is 2. The summed E-state index contributed by atoms with van der Waals surface area (Å²) in [5.41, 5.74) is 6.92. The maximum atomic E-state index is 12.0. The fourth-order valence-corrected chi connectivity index (χ4v) is 2.26. The Hall–Kier alpha value is -1.60. The first-order valence-electron chi connectivity index (χ1n) is 6.80. The van der Waals surface area contributed by atoms with Crippen molar-refractivity contribution in [1.29, 1.82) is 0 Å². The van der Waals surface area contributed by atoms with Crippen molar-refractivity contribution in [3.63, 3.8) is 0 Å². The second-order valence-electron chi connectivity index (χ2n) is 4.54. The molecule has 0 saturated carbocycles. The molecule has 0 aromatic heterocycles. The molecule has 0 saturated heterocycles. The summed E-state index contributed by atoms with van der Waals surface area (Å²) < 4.78 is 0.725. The second kappa shape index (κ2) is 8.63. The minimum atomic E-state index is -0.174. The molecule has 0 unspecified atom stereocenters. The Bertz CT molecular complexity index is 508. The number of nitrogen functional groups attached to an aromatic ring is 1. The predicted molar refractivity (Wildman–Crippen MR) is 88.0 cm³/mol. The summed E-state index contributed by atoms with van der Waals surface area (Å²) in [4.78, 5) is 25.3. The standard InChI is InChI=1S/C14H21BrN4O2/c1-3-17-13(20)8-19(4-2)9-14(21)18-12-6-5-10(16)7-11(12)15/h5-7H,3-4,8-9,16H2,1-2H3,(H,17,20)(H,18,21). The van der Waals surface area contributed by atoms with Gasteiger partial charge in [0.15, 0.2) is 0 Å². The zero-order chi connectivity index (χ0) is 15.8. The maximum absolute atomic E-state index is 12.0. The highest BCUT2D eigenvalue weighted by Crippen LogP contribution is 2.24. The van der Waals surface area contributed by atoms with Crippen LogP contribution >= 0.6 is 15.9 Å². The lowest BCUT2D eigenvalue weighted by atomic mass is 10.3. The van der Waals surface area contributed by atoms with Gasteiger partial charge < -0.3 is 16.4 Å². The van der Waals surface area contributed by atoms with Crippen LogP contribution in [-0.2, 0) is 9.59 Å². The zero-order valence-electron chi connectivity index (χ0n) is 12.3. The van der Waals surface area contributed by atoms with Crippen molar-refractivity contribution in [3.05, 3.63) is 22.7 Å².